The van der Waals surface area contributed by atoms with Gasteiger partial charge in [-0.25, -0.2) is 8.42 Å². The molecular weight excluding hydrogens is 292 g/mol. The van der Waals surface area contributed by atoms with E-state index in [0.717, 1.165) is 0 Å². The lowest BCUT2D eigenvalue weighted by molar-refractivity contribution is 0.0992. The quantitative estimate of drug-likeness (QED) is 0.739. The Balaban J connectivity index is 2.39. The standard InChI is InChI=1S/C13H16N4O3S/c1-17-8-10(6-12(17)13(15)18)21(19,20)16-11-5-3-2-4-9(11)7-14/h2-6,8,16H,7,14H2,1H3,(H2,15,18). The number of benzene rings is 1. The highest BCUT2D eigenvalue weighted by Gasteiger charge is 2.20. The summed E-state index contributed by atoms with van der Waals surface area (Å²) in [6, 6.07) is 8.07. The van der Waals surface area contributed by atoms with Crippen LogP contribution in [-0.4, -0.2) is 18.9 Å². The van der Waals surface area contributed by atoms with Gasteiger partial charge in [0.2, 0.25) is 0 Å². The molecule has 1 aromatic carbocycles. The summed E-state index contributed by atoms with van der Waals surface area (Å²) in [5.41, 5.74) is 11.9. The van der Waals surface area contributed by atoms with Crippen molar-refractivity contribution in [2.24, 2.45) is 18.5 Å². The van der Waals surface area contributed by atoms with Crippen molar-refractivity contribution in [3.63, 3.8) is 0 Å². The van der Waals surface area contributed by atoms with Crippen LogP contribution in [0.1, 0.15) is 16.1 Å². The van der Waals surface area contributed by atoms with Crippen molar-refractivity contribution in [1.82, 2.24) is 4.57 Å². The number of amides is 1. The molecule has 0 saturated carbocycles. The Morgan fingerprint density at radius 3 is 2.57 bits per heavy atom. The van der Waals surface area contributed by atoms with E-state index in [1.807, 2.05) is 0 Å². The summed E-state index contributed by atoms with van der Waals surface area (Å²) in [6.45, 7) is 0.208. The van der Waals surface area contributed by atoms with Crippen molar-refractivity contribution in [3.8, 4) is 0 Å². The Morgan fingerprint density at radius 2 is 2.00 bits per heavy atom. The second kappa shape index (κ2) is 5.58. The molecule has 7 nitrogen and oxygen atoms in total. The van der Waals surface area contributed by atoms with Gasteiger partial charge < -0.3 is 16.0 Å². The van der Waals surface area contributed by atoms with E-state index in [4.69, 9.17) is 11.5 Å². The summed E-state index contributed by atoms with van der Waals surface area (Å²) in [7, 11) is -2.27. The molecule has 2 aromatic rings. The molecule has 0 saturated heterocycles. The third-order valence-electron chi connectivity index (χ3n) is 3.02. The number of nitrogens with two attached hydrogens (primary N) is 2. The molecule has 5 N–H and O–H groups in total. The zero-order valence-corrected chi connectivity index (χ0v) is 12.2. The van der Waals surface area contributed by atoms with Gasteiger partial charge in [0, 0.05) is 19.8 Å². The van der Waals surface area contributed by atoms with E-state index in [-0.39, 0.29) is 17.1 Å². The third kappa shape index (κ3) is 3.06. The monoisotopic (exact) mass is 308 g/mol. The second-order valence-electron chi connectivity index (χ2n) is 4.50. The van der Waals surface area contributed by atoms with Crippen molar-refractivity contribution in [3.05, 3.63) is 47.8 Å². The van der Waals surface area contributed by atoms with E-state index >= 15 is 0 Å². The minimum atomic E-state index is -3.82. The third-order valence-corrected chi connectivity index (χ3v) is 4.36. The van der Waals surface area contributed by atoms with Gasteiger partial charge in [-0.15, -0.1) is 0 Å². The van der Waals surface area contributed by atoms with E-state index in [1.54, 1.807) is 31.3 Å². The van der Waals surface area contributed by atoms with Crippen molar-refractivity contribution in [2.75, 3.05) is 4.72 Å². The molecule has 8 heteroatoms. The molecule has 0 atom stereocenters. The fourth-order valence-corrected chi connectivity index (χ4v) is 3.10. The van der Waals surface area contributed by atoms with Crippen LogP contribution in [0.5, 0.6) is 0 Å². The summed E-state index contributed by atoms with van der Waals surface area (Å²) in [4.78, 5) is 11.2. The second-order valence-corrected chi connectivity index (χ2v) is 6.19. The zero-order valence-electron chi connectivity index (χ0n) is 11.4. The molecule has 1 amide bonds. The van der Waals surface area contributed by atoms with Crippen LogP contribution >= 0.6 is 0 Å². The number of primary amides is 1. The van der Waals surface area contributed by atoms with Crippen molar-refractivity contribution in [1.29, 1.82) is 0 Å². The van der Waals surface area contributed by atoms with Gasteiger partial charge in [-0.3, -0.25) is 9.52 Å². The van der Waals surface area contributed by atoms with E-state index in [1.165, 1.54) is 16.8 Å². The molecule has 0 aliphatic heterocycles. The number of para-hydroxylation sites is 1. The maximum atomic E-state index is 12.3. The summed E-state index contributed by atoms with van der Waals surface area (Å²) in [6.07, 6.45) is 1.33. The number of anilines is 1. The highest BCUT2D eigenvalue weighted by molar-refractivity contribution is 7.92. The normalized spacial score (nSPS) is 11.3. The Kier molecular flexibility index (Phi) is 4.01. The van der Waals surface area contributed by atoms with Crippen LogP contribution in [0, 0.1) is 0 Å². The lowest BCUT2D eigenvalue weighted by atomic mass is 10.2. The highest BCUT2D eigenvalue weighted by atomic mass is 32.2. The van der Waals surface area contributed by atoms with Gasteiger partial charge in [-0.2, -0.15) is 0 Å². The predicted octanol–water partition coefficient (Wildman–Crippen LogP) is 0.384. The smallest absolute Gasteiger partial charge is 0.265 e. The average Bonchev–Trinajstić information content (AvgIpc) is 2.82. The van der Waals surface area contributed by atoms with Gasteiger partial charge in [0.05, 0.1) is 5.69 Å². The van der Waals surface area contributed by atoms with Gasteiger partial charge in [-0.05, 0) is 17.7 Å². The number of aromatic nitrogens is 1. The minimum Gasteiger partial charge on any atom is -0.364 e. The van der Waals surface area contributed by atoms with Crippen LogP contribution in [0.2, 0.25) is 0 Å². The minimum absolute atomic E-state index is 0.0365. The summed E-state index contributed by atoms with van der Waals surface area (Å²) in [5.74, 6) is -0.693. The summed E-state index contributed by atoms with van der Waals surface area (Å²) in [5, 5.41) is 0. The molecule has 0 bridgehead atoms. The van der Waals surface area contributed by atoms with Crippen LogP contribution < -0.4 is 16.2 Å². The Bertz CT molecular complexity index is 780. The first-order valence-electron chi connectivity index (χ1n) is 6.12. The van der Waals surface area contributed by atoms with Crippen molar-refractivity contribution >= 4 is 21.6 Å². The average molecular weight is 308 g/mol. The van der Waals surface area contributed by atoms with E-state index in [2.05, 4.69) is 4.72 Å². The molecule has 1 aromatic heterocycles. The number of carbonyl (C=O) groups is 1. The number of nitrogens with one attached hydrogen (secondary N) is 1. The van der Waals surface area contributed by atoms with Crippen LogP contribution in [-0.2, 0) is 23.6 Å². The van der Waals surface area contributed by atoms with Crippen LogP contribution in [0.15, 0.2) is 41.4 Å². The SMILES string of the molecule is Cn1cc(S(=O)(=O)Nc2ccccc2CN)cc1C(N)=O. The predicted molar refractivity (Wildman–Crippen MR) is 79.1 cm³/mol. The Morgan fingerprint density at radius 1 is 1.33 bits per heavy atom. The van der Waals surface area contributed by atoms with Crippen molar-refractivity contribution < 1.29 is 13.2 Å². The van der Waals surface area contributed by atoms with E-state index < -0.39 is 15.9 Å². The molecule has 112 valence electrons. The zero-order chi connectivity index (χ0) is 15.6. The van der Waals surface area contributed by atoms with Crippen LogP contribution in [0.3, 0.4) is 0 Å². The number of hydrogen-bond donors (Lipinski definition) is 3. The molecule has 0 unspecified atom stereocenters. The number of rotatable bonds is 5. The Labute approximate surface area is 122 Å². The first-order valence-corrected chi connectivity index (χ1v) is 7.60. The van der Waals surface area contributed by atoms with Crippen LogP contribution in [0.25, 0.3) is 0 Å². The fourth-order valence-electron chi connectivity index (χ4n) is 1.93. The molecule has 0 spiro atoms. The lowest BCUT2D eigenvalue weighted by Crippen LogP contribution is -2.15. The fraction of sp³-hybridized carbons (Fsp3) is 0.154. The molecule has 2 rings (SSSR count). The number of hydrogen-bond acceptors (Lipinski definition) is 4. The number of nitrogens with zero attached hydrogens (tertiary/aromatic N) is 1. The largest absolute Gasteiger partial charge is 0.364 e. The van der Waals surface area contributed by atoms with Crippen molar-refractivity contribution in [2.45, 2.75) is 11.4 Å². The molecule has 0 aliphatic rings. The molecule has 0 fully saturated rings. The van der Waals surface area contributed by atoms with Gasteiger partial charge in [-0.1, -0.05) is 18.2 Å². The maximum absolute atomic E-state index is 12.3. The maximum Gasteiger partial charge on any atom is 0.265 e. The molecule has 21 heavy (non-hydrogen) atoms. The van der Waals surface area contributed by atoms with E-state index in [0.29, 0.717) is 11.3 Å². The van der Waals surface area contributed by atoms with Gasteiger partial charge in [0.1, 0.15) is 10.6 Å². The highest BCUT2D eigenvalue weighted by Crippen LogP contribution is 2.21. The Hall–Kier alpha value is -2.32. The van der Waals surface area contributed by atoms with Gasteiger partial charge >= 0.3 is 0 Å². The lowest BCUT2D eigenvalue weighted by Gasteiger charge is -2.10. The molecule has 0 aliphatic carbocycles. The number of sulfonamides is 1. The van der Waals surface area contributed by atoms with E-state index in [9.17, 15) is 13.2 Å². The number of aryl methyl sites for hydroxylation is 1. The van der Waals surface area contributed by atoms with Gasteiger partial charge in [0.25, 0.3) is 15.9 Å². The summed E-state index contributed by atoms with van der Waals surface area (Å²) >= 11 is 0. The topological polar surface area (TPSA) is 120 Å². The molecule has 1 heterocycles. The number of carbonyl (C=O) groups excluding carboxylic acids is 1. The molecule has 0 radical (unpaired) electrons. The first-order chi connectivity index (χ1) is 9.85. The first kappa shape index (κ1) is 15.1. The van der Waals surface area contributed by atoms with Gasteiger partial charge in [0.15, 0.2) is 0 Å². The molecular formula is C13H16N4O3S. The van der Waals surface area contributed by atoms with Crippen LogP contribution in [0.4, 0.5) is 5.69 Å². The summed E-state index contributed by atoms with van der Waals surface area (Å²) < 4.78 is 28.5.